The lowest BCUT2D eigenvalue weighted by Gasteiger charge is -2.15. The summed E-state index contributed by atoms with van der Waals surface area (Å²) >= 11 is 0. The average Bonchev–Trinajstić information content (AvgIpc) is 3.07. The highest BCUT2D eigenvalue weighted by Gasteiger charge is 2.27. The van der Waals surface area contributed by atoms with Gasteiger partial charge in [0.25, 0.3) is 0 Å². The third kappa shape index (κ3) is 3.38. The summed E-state index contributed by atoms with van der Waals surface area (Å²) in [5.74, 6) is 0.638. The second-order valence-corrected chi connectivity index (χ2v) is 7.87. The molecule has 122 valence electrons. The molecule has 0 unspecified atom stereocenters. The van der Waals surface area contributed by atoms with Crippen molar-refractivity contribution < 1.29 is 8.42 Å². The van der Waals surface area contributed by atoms with Gasteiger partial charge in [0.05, 0.1) is 0 Å². The van der Waals surface area contributed by atoms with Crippen LogP contribution in [0.5, 0.6) is 0 Å². The van der Waals surface area contributed by atoms with E-state index in [-0.39, 0.29) is 4.90 Å². The van der Waals surface area contributed by atoms with Crippen molar-refractivity contribution in [2.45, 2.75) is 31.6 Å². The summed E-state index contributed by atoms with van der Waals surface area (Å²) in [6, 6.07) is 9.48. The number of aromatic nitrogens is 1. The Labute approximate surface area is 137 Å². The van der Waals surface area contributed by atoms with Crippen LogP contribution in [-0.2, 0) is 10.0 Å². The Morgan fingerprint density at radius 2 is 1.83 bits per heavy atom. The Kier molecular flexibility index (Phi) is 4.37. The van der Waals surface area contributed by atoms with E-state index in [0.29, 0.717) is 18.9 Å². The van der Waals surface area contributed by atoms with E-state index in [0.717, 1.165) is 29.7 Å². The predicted molar refractivity (Wildman–Crippen MR) is 91.4 cm³/mol. The number of rotatable bonds is 4. The molecular weight excluding hydrogens is 310 g/mol. The molecule has 0 saturated carbocycles. The molecule has 0 bridgehead atoms. The Balaban J connectivity index is 1.81. The Hall–Kier alpha value is -1.92. The molecule has 1 N–H and O–H groups in total. The Morgan fingerprint density at radius 3 is 2.48 bits per heavy atom. The van der Waals surface area contributed by atoms with Crippen LogP contribution in [0.3, 0.4) is 0 Å². The zero-order valence-corrected chi connectivity index (χ0v) is 14.2. The van der Waals surface area contributed by atoms with Crippen LogP contribution < -0.4 is 5.32 Å². The molecule has 1 aromatic heterocycles. The number of sulfonamides is 1. The van der Waals surface area contributed by atoms with Crippen molar-refractivity contribution >= 4 is 21.5 Å². The number of nitrogens with one attached hydrogen (secondary N) is 1. The topological polar surface area (TPSA) is 62.3 Å². The van der Waals surface area contributed by atoms with Crippen LogP contribution in [0.2, 0.25) is 0 Å². The summed E-state index contributed by atoms with van der Waals surface area (Å²) in [5.41, 5.74) is 3.25. The van der Waals surface area contributed by atoms with Gasteiger partial charge in [-0.3, -0.25) is 0 Å². The van der Waals surface area contributed by atoms with E-state index in [2.05, 4.69) is 16.4 Å². The van der Waals surface area contributed by atoms with Crippen LogP contribution in [0.15, 0.2) is 41.4 Å². The maximum absolute atomic E-state index is 12.5. The molecule has 5 nitrogen and oxygen atoms in total. The Morgan fingerprint density at radius 1 is 1.09 bits per heavy atom. The van der Waals surface area contributed by atoms with E-state index in [1.165, 1.54) is 10.5 Å². The first-order valence-electron chi connectivity index (χ1n) is 7.77. The van der Waals surface area contributed by atoms with Crippen LogP contribution in [0, 0.1) is 13.8 Å². The second-order valence-electron chi connectivity index (χ2n) is 5.93. The molecule has 1 saturated heterocycles. The van der Waals surface area contributed by atoms with Crippen LogP contribution in [0.4, 0.5) is 11.5 Å². The van der Waals surface area contributed by atoms with Crippen molar-refractivity contribution in [3.63, 3.8) is 0 Å². The third-order valence-corrected chi connectivity index (χ3v) is 5.98. The summed E-state index contributed by atoms with van der Waals surface area (Å²) in [7, 11) is -3.40. The zero-order chi connectivity index (χ0) is 16.4. The van der Waals surface area contributed by atoms with Gasteiger partial charge in [0.1, 0.15) is 10.7 Å². The summed E-state index contributed by atoms with van der Waals surface area (Å²) in [4.78, 5) is 4.52. The van der Waals surface area contributed by atoms with Gasteiger partial charge in [0, 0.05) is 25.0 Å². The lowest BCUT2D eigenvalue weighted by molar-refractivity contribution is 0.477. The highest BCUT2D eigenvalue weighted by atomic mass is 32.2. The number of anilines is 2. The standard InChI is InChI=1S/C17H21N3O2S/c1-13-5-6-14(2)16(11-13)19-17-8-7-15(12-18-17)23(21,22)20-9-3-4-10-20/h5-8,11-12H,3-4,9-10H2,1-2H3,(H,18,19). The summed E-state index contributed by atoms with van der Waals surface area (Å²) in [6.45, 7) is 5.26. The molecule has 1 aliphatic rings. The number of aryl methyl sites for hydroxylation is 2. The number of pyridine rings is 1. The fourth-order valence-electron chi connectivity index (χ4n) is 2.69. The van der Waals surface area contributed by atoms with Gasteiger partial charge in [-0.25, -0.2) is 13.4 Å². The molecule has 0 aliphatic carbocycles. The fraction of sp³-hybridized carbons (Fsp3) is 0.353. The van der Waals surface area contributed by atoms with Crippen LogP contribution >= 0.6 is 0 Å². The number of benzene rings is 1. The Bertz CT molecular complexity index is 795. The van der Waals surface area contributed by atoms with Crippen molar-refractivity contribution in [2.75, 3.05) is 18.4 Å². The molecule has 6 heteroatoms. The van der Waals surface area contributed by atoms with Crippen molar-refractivity contribution in [2.24, 2.45) is 0 Å². The van der Waals surface area contributed by atoms with Gasteiger partial charge in [0.15, 0.2) is 0 Å². The van der Waals surface area contributed by atoms with Crippen molar-refractivity contribution in [3.05, 3.63) is 47.7 Å². The molecule has 0 radical (unpaired) electrons. The number of nitrogens with zero attached hydrogens (tertiary/aromatic N) is 2. The molecule has 3 rings (SSSR count). The van der Waals surface area contributed by atoms with E-state index in [1.807, 2.05) is 26.0 Å². The average molecular weight is 331 g/mol. The maximum Gasteiger partial charge on any atom is 0.244 e. The highest BCUT2D eigenvalue weighted by molar-refractivity contribution is 7.89. The SMILES string of the molecule is Cc1ccc(C)c(Nc2ccc(S(=O)(=O)N3CCCC3)cn2)c1. The van der Waals surface area contributed by atoms with E-state index in [9.17, 15) is 8.42 Å². The minimum Gasteiger partial charge on any atom is -0.340 e. The van der Waals surface area contributed by atoms with Crippen molar-refractivity contribution in [3.8, 4) is 0 Å². The molecule has 1 aromatic carbocycles. The fourth-order valence-corrected chi connectivity index (χ4v) is 4.16. The van der Waals surface area contributed by atoms with E-state index < -0.39 is 10.0 Å². The van der Waals surface area contributed by atoms with Crippen LogP contribution in [0.25, 0.3) is 0 Å². The monoisotopic (exact) mass is 331 g/mol. The molecule has 2 heterocycles. The van der Waals surface area contributed by atoms with Crippen LogP contribution in [0.1, 0.15) is 24.0 Å². The normalized spacial score (nSPS) is 15.7. The van der Waals surface area contributed by atoms with Gasteiger partial charge in [-0.15, -0.1) is 0 Å². The van der Waals surface area contributed by atoms with Gasteiger partial charge in [0.2, 0.25) is 10.0 Å². The van der Waals surface area contributed by atoms with Crippen molar-refractivity contribution in [1.82, 2.24) is 9.29 Å². The quantitative estimate of drug-likeness (QED) is 0.934. The van der Waals surface area contributed by atoms with E-state index >= 15 is 0 Å². The number of hydrogen-bond acceptors (Lipinski definition) is 4. The largest absolute Gasteiger partial charge is 0.340 e. The zero-order valence-electron chi connectivity index (χ0n) is 13.4. The van der Waals surface area contributed by atoms with Gasteiger partial charge in [-0.1, -0.05) is 12.1 Å². The first-order chi connectivity index (χ1) is 11.0. The molecule has 23 heavy (non-hydrogen) atoms. The molecule has 0 amide bonds. The van der Waals surface area contributed by atoms with Crippen LogP contribution in [-0.4, -0.2) is 30.8 Å². The lowest BCUT2D eigenvalue weighted by atomic mass is 10.1. The molecular formula is C17H21N3O2S. The predicted octanol–water partition coefficient (Wildman–Crippen LogP) is 3.23. The molecule has 1 aliphatic heterocycles. The highest BCUT2D eigenvalue weighted by Crippen LogP contribution is 2.23. The molecule has 0 atom stereocenters. The summed E-state index contributed by atoms with van der Waals surface area (Å²) < 4.78 is 26.5. The first kappa shape index (κ1) is 16.0. The van der Waals surface area contributed by atoms with Crippen molar-refractivity contribution in [1.29, 1.82) is 0 Å². The van der Waals surface area contributed by atoms with E-state index in [4.69, 9.17) is 0 Å². The first-order valence-corrected chi connectivity index (χ1v) is 9.21. The second kappa shape index (κ2) is 6.29. The molecule has 1 fully saturated rings. The maximum atomic E-state index is 12.5. The van der Waals surface area contributed by atoms with E-state index in [1.54, 1.807) is 12.1 Å². The lowest BCUT2D eigenvalue weighted by Crippen LogP contribution is -2.27. The molecule has 0 spiro atoms. The minimum absolute atomic E-state index is 0.255. The summed E-state index contributed by atoms with van der Waals surface area (Å²) in [5, 5.41) is 3.24. The number of hydrogen-bond donors (Lipinski definition) is 1. The van der Waals surface area contributed by atoms with Gasteiger partial charge >= 0.3 is 0 Å². The smallest absolute Gasteiger partial charge is 0.244 e. The van der Waals surface area contributed by atoms with Gasteiger partial charge < -0.3 is 5.32 Å². The minimum atomic E-state index is -3.40. The van der Waals surface area contributed by atoms with Gasteiger partial charge in [-0.05, 0) is 56.0 Å². The third-order valence-electron chi connectivity index (χ3n) is 4.09. The molecule has 2 aromatic rings. The van der Waals surface area contributed by atoms with Gasteiger partial charge in [-0.2, -0.15) is 4.31 Å². The summed E-state index contributed by atoms with van der Waals surface area (Å²) in [6.07, 6.45) is 3.29.